The van der Waals surface area contributed by atoms with Crippen molar-refractivity contribution >= 4 is 22.3 Å². The Morgan fingerprint density at radius 2 is 2.57 bits per heavy atom. The van der Waals surface area contributed by atoms with Crippen molar-refractivity contribution in [1.29, 1.82) is 0 Å². The minimum atomic E-state index is 0.206. The molecule has 0 spiro atoms. The lowest BCUT2D eigenvalue weighted by Crippen LogP contribution is -2.08. The lowest BCUT2D eigenvalue weighted by atomic mass is 10.6. The van der Waals surface area contributed by atoms with E-state index in [9.17, 15) is 0 Å². The molecule has 1 aliphatic rings. The van der Waals surface area contributed by atoms with Gasteiger partial charge in [0.1, 0.15) is 4.95 Å². The average Bonchev–Trinajstić information content (AvgIpc) is 1.87. The molecule has 0 amide bonds. The van der Waals surface area contributed by atoms with Gasteiger partial charge in [-0.1, -0.05) is 15.9 Å². The number of alkyl halides is 1. The minimum absolute atomic E-state index is 0.206. The van der Waals surface area contributed by atoms with Crippen molar-refractivity contribution in [3.8, 4) is 0 Å². The Balaban J connectivity index is 2.42. The van der Waals surface area contributed by atoms with E-state index >= 15 is 0 Å². The first-order valence-electron chi connectivity index (χ1n) is 2.03. The average molecular weight is 162 g/mol. The lowest BCUT2D eigenvalue weighted by Gasteiger charge is -2.01. The Bertz CT molecular complexity index is 81.7. The molecule has 1 radical (unpaired) electrons. The van der Waals surface area contributed by atoms with Gasteiger partial charge in [-0.3, -0.25) is 4.99 Å². The maximum Gasteiger partial charge on any atom is 0.129 e. The van der Waals surface area contributed by atoms with Gasteiger partial charge in [-0.05, 0) is 0 Å². The summed E-state index contributed by atoms with van der Waals surface area (Å²) in [7, 11) is 1.95. The summed E-state index contributed by atoms with van der Waals surface area (Å²) in [6.45, 7) is 1.97. The van der Waals surface area contributed by atoms with Crippen LogP contribution in [0.4, 0.5) is 0 Å². The van der Waals surface area contributed by atoms with Crippen molar-refractivity contribution in [1.82, 2.24) is 4.90 Å². The van der Waals surface area contributed by atoms with Gasteiger partial charge in [0.25, 0.3) is 0 Å². The molecule has 0 N–H and O–H groups in total. The summed E-state index contributed by atoms with van der Waals surface area (Å²) in [6, 6.07) is 0. The van der Waals surface area contributed by atoms with E-state index in [2.05, 4.69) is 20.9 Å². The molecule has 0 aliphatic carbocycles. The largest absolute Gasteiger partial charge is 0.358 e. The van der Waals surface area contributed by atoms with Crippen LogP contribution in [0.3, 0.4) is 0 Å². The summed E-state index contributed by atoms with van der Waals surface area (Å²) in [6.07, 6.45) is 1.78. The standard InChI is InChI=1S/C4H6BrN2/c1-7-2-4(5)6-3-7/h2-4H,1H3. The van der Waals surface area contributed by atoms with E-state index in [1.165, 1.54) is 0 Å². The molecule has 0 saturated carbocycles. The van der Waals surface area contributed by atoms with E-state index in [0.717, 1.165) is 0 Å². The number of hydrogen-bond donors (Lipinski definition) is 0. The predicted octanol–water partition coefficient (Wildman–Crippen LogP) is 0.843. The van der Waals surface area contributed by atoms with Crippen molar-refractivity contribution in [2.45, 2.75) is 4.95 Å². The highest BCUT2D eigenvalue weighted by Gasteiger charge is 2.08. The van der Waals surface area contributed by atoms with Gasteiger partial charge in [-0.25, -0.2) is 0 Å². The second-order valence-electron chi connectivity index (χ2n) is 1.45. The Labute approximate surface area is 51.4 Å². The monoisotopic (exact) mass is 161 g/mol. The van der Waals surface area contributed by atoms with Crippen LogP contribution in [-0.2, 0) is 0 Å². The van der Waals surface area contributed by atoms with E-state index in [4.69, 9.17) is 0 Å². The van der Waals surface area contributed by atoms with Crippen LogP contribution in [0.15, 0.2) is 4.99 Å². The minimum Gasteiger partial charge on any atom is -0.358 e. The van der Waals surface area contributed by atoms with Gasteiger partial charge >= 0.3 is 0 Å². The quantitative estimate of drug-likeness (QED) is 0.380. The van der Waals surface area contributed by atoms with Crippen LogP contribution in [0.1, 0.15) is 0 Å². The Morgan fingerprint density at radius 3 is 2.71 bits per heavy atom. The van der Waals surface area contributed by atoms with Crippen LogP contribution in [0, 0.1) is 6.54 Å². The van der Waals surface area contributed by atoms with Crippen LogP contribution in [0.2, 0.25) is 0 Å². The summed E-state index contributed by atoms with van der Waals surface area (Å²) in [4.78, 5) is 6.10. The normalized spacial score (nSPS) is 29.4. The summed E-state index contributed by atoms with van der Waals surface area (Å²) in [5, 5.41) is 0. The molecule has 0 fully saturated rings. The van der Waals surface area contributed by atoms with Gasteiger partial charge in [-0.2, -0.15) is 0 Å². The number of likely N-dealkylation sites (N-methyl/N-ethyl adjacent to an activating group) is 1. The fraction of sp³-hybridized carbons (Fsp3) is 0.500. The highest BCUT2D eigenvalue weighted by molar-refractivity contribution is 9.09. The molecule has 1 heterocycles. The van der Waals surface area contributed by atoms with E-state index in [0.29, 0.717) is 0 Å². The van der Waals surface area contributed by atoms with E-state index in [-0.39, 0.29) is 4.95 Å². The highest BCUT2D eigenvalue weighted by Crippen LogP contribution is 2.11. The third-order valence-corrected chi connectivity index (χ3v) is 1.22. The predicted molar refractivity (Wildman–Crippen MR) is 33.3 cm³/mol. The second-order valence-corrected chi connectivity index (χ2v) is 2.39. The molecule has 0 aromatic heterocycles. The molecule has 0 bridgehead atoms. The first kappa shape index (κ1) is 5.09. The second kappa shape index (κ2) is 1.82. The first-order valence-corrected chi connectivity index (χ1v) is 2.95. The third kappa shape index (κ3) is 1.16. The van der Waals surface area contributed by atoms with Gasteiger partial charge in [0.05, 0.1) is 12.9 Å². The fourth-order valence-corrected chi connectivity index (χ4v) is 0.919. The van der Waals surface area contributed by atoms with Gasteiger partial charge in [0.2, 0.25) is 0 Å². The summed E-state index contributed by atoms with van der Waals surface area (Å²) < 4.78 is 0. The third-order valence-electron chi connectivity index (χ3n) is 0.749. The van der Waals surface area contributed by atoms with Crippen molar-refractivity contribution in [2.75, 3.05) is 7.05 Å². The van der Waals surface area contributed by atoms with Crippen LogP contribution >= 0.6 is 15.9 Å². The van der Waals surface area contributed by atoms with Crippen molar-refractivity contribution < 1.29 is 0 Å². The molecule has 3 heteroatoms. The Kier molecular flexibility index (Phi) is 1.32. The van der Waals surface area contributed by atoms with E-state index in [1.54, 1.807) is 6.34 Å². The molecule has 39 valence electrons. The zero-order chi connectivity index (χ0) is 5.28. The van der Waals surface area contributed by atoms with Crippen molar-refractivity contribution in [2.24, 2.45) is 4.99 Å². The van der Waals surface area contributed by atoms with Crippen LogP contribution < -0.4 is 0 Å². The molecule has 1 aliphatic heterocycles. The van der Waals surface area contributed by atoms with Crippen molar-refractivity contribution in [3.05, 3.63) is 6.54 Å². The molecule has 1 atom stereocenters. The van der Waals surface area contributed by atoms with Gasteiger partial charge < -0.3 is 4.90 Å². The zero-order valence-electron chi connectivity index (χ0n) is 4.00. The Morgan fingerprint density at radius 1 is 1.86 bits per heavy atom. The summed E-state index contributed by atoms with van der Waals surface area (Å²) >= 11 is 3.28. The molecular weight excluding hydrogens is 156 g/mol. The van der Waals surface area contributed by atoms with Crippen LogP contribution in [0.25, 0.3) is 0 Å². The molecule has 7 heavy (non-hydrogen) atoms. The topological polar surface area (TPSA) is 15.6 Å². The zero-order valence-corrected chi connectivity index (χ0v) is 5.59. The smallest absolute Gasteiger partial charge is 0.129 e. The fourth-order valence-electron chi connectivity index (χ4n) is 0.440. The lowest BCUT2D eigenvalue weighted by molar-refractivity contribution is 0.649. The molecule has 0 aromatic carbocycles. The van der Waals surface area contributed by atoms with Gasteiger partial charge in [0, 0.05) is 7.05 Å². The number of aliphatic imine (C=N–C) groups is 1. The molecule has 1 unspecified atom stereocenters. The van der Waals surface area contributed by atoms with Gasteiger partial charge in [0.15, 0.2) is 0 Å². The molecule has 1 rings (SSSR count). The number of nitrogens with zero attached hydrogens (tertiary/aromatic N) is 2. The SMILES string of the molecule is CN1[CH]C(Br)N=C1. The molecule has 0 saturated heterocycles. The van der Waals surface area contributed by atoms with Gasteiger partial charge in [-0.15, -0.1) is 0 Å². The van der Waals surface area contributed by atoms with E-state index < -0.39 is 0 Å². The highest BCUT2D eigenvalue weighted by atomic mass is 79.9. The first-order chi connectivity index (χ1) is 3.29. The maximum absolute atomic E-state index is 3.98. The molecule has 2 nitrogen and oxygen atoms in total. The summed E-state index contributed by atoms with van der Waals surface area (Å²) in [5.74, 6) is 0. The van der Waals surface area contributed by atoms with Crippen molar-refractivity contribution in [3.63, 3.8) is 0 Å². The van der Waals surface area contributed by atoms with E-state index in [1.807, 2.05) is 18.5 Å². The maximum atomic E-state index is 3.98. The van der Waals surface area contributed by atoms with Crippen LogP contribution in [0.5, 0.6) is 0 Å². The number of halogens is 1. The number of hydrogen-bond acceptors (Lipinski definition) is 2. The van der Waals surface area contributed by atoms with Crippen LogP contribution in [-0.4, -0.2) is 23.2 Å². The Hall–Kier alpha value is -0.0500. The molecular formula is C4H6BrN2. The molecule has 0 aromatic rings. The number of rotatable bonds is 0. The summed E-state index contributed by atoms with van der Waals surface area (Å²) in [5.41, 5.74) is 0.